The number of alkyl halides is 1. The van der Waals surface area contributed by atoms with Gasteiger partial charge in [0.15, 0.2) is 0 Å². The summed E-state index contributed by atoms with van der Waals surface area (Å²) >= 11 is 0. The Hall–Kier alpha value is -1.22. The summed E-state index contributed by atoms with van der Waals surface area (Å²) in [6, 6.07) is 6.74. The minimum absolute atomic E-state index is 0.368. The maximum atomic E-state index is 14.4. The van der Waals surface area contributed by atoms with Crippen LogP contribution in [0.15, 0.2) is 24.3 Å². The molecule has 1 aliphatic heterocycles. The van der Waals surface area contributed by atoms with E-state index in [2.05, 4.69) is 5.32 Å². The SMILES string of the molecule is O=Cc1ccc(C2(F)CCCNC2)cc1. The molecule has 1 aliphatic rings. The van der Waals surface area contributed by atoms with Gasteiger partial charge in [0.1, 0.15) is 12.0 Å². The van der Waals surface area contributed by atoms with Gasteiger partial charge >= 0.3 is 0 Å². The molecule has 0 spiro atoms. The zero-order valence-electron chi connectivity index (χ0n) is 8.50. The van der Waals surface area contributed by atoms with Gasteiger partial charge in [0.25, 0.3) is 0 Å². The highest BCUT2D eigenvalue weighted by molar-refractivity contribution is 5.74. The van der Waals surface area contributed by atoms with E-state index in [0.29, 0.717) is 24.1 Å². The molecule has 80 valence electrons. The molecule has 15 heavy (non-hydrogen) atoms. The second kappa shape index (κ2) is 4.11. The number of rotatable bonds is 2. The summed E-state index contributed by atoms with van der Waals surface area (Å²) in [6.07, 6.45) is 2.18. The lowest BCUT2D eigenvalue weighted by molar-refractivity contribution is 0.112. The third-order valence-electron chi connectivity index (χ3n) is 2.90. The monoisotopic (exact) mass is 207 g/mol. The van der Waals surface area contributed by atoms with E-state index in [1.165, 1.54) is 0 Å². The molecule has 1 heterocycles. The molecule has 0 aliphatic carbocycles. The van der Waals surface area contributed by atoms with Crippen molar-refractivity contribution in [3.05, 3.63) is 35.4 Å². The number of halogens is 1. The third kappa shape index (κ3) is 2.07. The first-order chi connectivity index (χ1) is 7.24. The van der Waals surface area contributed by atoms with E-state index in [0.717, 1.165) is 19.3 Å². The van der Waals surface area contributed by atoms with Crippen molar-refractivity contribution in [3.63, 3.8) is 0 Å². The molecular formula is C12H14FNO. The highest BCUT2D eigenvalue weighted by Gasteiger charge is 2.33. The summed E-state index contributed by atoms with van der Waals surface area (Å²) in [5.41, 5.74) is -0.00828. The van der Waals surface area contributed by atoms with Crippen LogP contribution < -0.4 is 5.32 Å². The van der Waals surface area contributed by atoms with Crippen molar-refractivity contribution in [1.82, 2.24) is 5.32 Å². The molecule has 2 rings (SSSR count). The Balaban J connectivity index is 2.23. The molecule has 2 nitrogen and oxygen atoms in total. The molecule has 0 bridgehead atoms. The molecule has 1 saturated heterocycles. The Morgan fingerprint density at radius 2 is 2.07 bits per heavy atom. The fraction of sp³-hybridized carbons (Fsp3) is 0.417. The highest BCUT2D eigenvalue weighted by Crippen LogP contribution is 2.32. The van der Waals surface area contributed by atoms with E-state index >= 15 is 0 Å². The number of nitrogens with one attached hydrogen (secondary N) is 1. The standard InChI is InChI=1S/C12H14FNO/c13-12(6-1-7-14-9-12)11-4-2-10(8-15)3-5-11/h2-5,8,14H,1,6-7,9H2. The average molecular weight is 207 g/mol. The van der Waals surface area contributed by atoms with Crippen LogP contribution in [0.1, 0.15) is 28.8 Å². The molecule has 0 radical (unpaired) electrons. The van der Waals surface area contributed by atoms with Gasteiger partial charge in [-0.25, -0.2) is 4.39 Å². The summed E-state index contributed by atoms with van der Waals surface area (Å²) in [7, 11) is 0. The Bertz CT molecular complexity index is 341. The Kier molecular flexibility index (Phi) is 2.82. The molecule has 1 aromatic rings. The van der Waals surface area contributed by atoms with Gasteiger partial charge in [-0.3, -0.25) is 4.79 Å². The minimum atomic E-state index is -1.26. The zero-order valence-corrected chi connectivity index (χ0v) is 8.50. The van der Waals surface area contributed by atoms with Crippen molar-refractivity contribution in [1.29, 1.82) is 0 Å². The predicted octanol–water partition coefficient (Wildman–Crippen LogP) is 2.05. The zero-order chi connectivity index (χ0) is 10.7. The van der Waals surface area contributed by atoms with Crippen LogP contribution in [0.3, 0.4) is 0 Å². The minimum Gasteiger partial charge on any atom is -0.313 e. The van der Waals surface area contributed by atoms with Gasteiger partial charge in [-0.2, -0.15) is 0 Å². The first-order valence-electron chi connectivity index (χ1n) is 5.20. The number of benzene rings is 1. The quantitative estimate of drug-likeness (QED) is 0.752. The van der Waals surface area contributed by atoms with Crippen LogP contribution in [-0.2, 0) is 5.67 Å². The van der Waals surface area contributed by atoms with Crippen molar-refractivity contribution in [2.75, 3.05) is 13.1 Å². The van der Waals surface area contributed by atoms with Crippen LogP contribution in [-0.4, -0.2) is 19.4 Å². The van der Waals surface area contributed by atoms with Gasteiger partial charge in [0.05, 0.1) is 0 Å². The van der Waals surface area contributed by atoms with E-state index in [1.807, 2.05) is 0 Å². The number of hydrogen-bond acceptors (Lipinski definition) is 2. The van der Waals surface area contributed by atoms with Gasteiger partial charge in [-0.05, 0) is 24.9 Å². The van der Waals surface area contributed by atoms with E-state index in [1.54, 1.807) is 24.3 Å². The Morgan fingerprint density at radius 1 is 1.33 bits per heavy atom. The number of piperidine rings is 1. The number of aldehydes is 1. The van der Waals surface area contributed by atoms with Gasteiger partial charge in [-0.15, -0.1) is 0 Å². The fourth-order valence-corrected chi connectivity index (χ4v) is 1.98. The maximum absolute atomic E-state index is 14.4. The largest absolute Gasteiger partial charge is 0.313 e. The van der Waals surface area contributed by atoms with Gasteiger partial charge in [0, 0.05) is 12.1 Å². The van der Waals surface area contributed by atoms with Crippen LogP contribution in [0.2, 0.25) is 0 Å². The molecule has 0 aromatic heterocycles. The summed E-state index contributed by atoms with van der Waals surface area (Å²) in [5.74, 6) is 0. The van der Waals surface area contributed by atoms with Crippen LogP contribution in [0.25, 0.3) is 0 Å². The smallest absolute Gasteiger partial charge is 0.150 e. The maximum Gasteiger partial charge on any atom is 0.150 e. The van der Waals surface area contributed by atoms with Gasteiger partial charge in [-0.1, -0.05) is 24.3 Å². The molecule has 0 amide bonds. The Morgan fingerprint density at radius 3 is 2.60 bits per heavy atom. The normalized spacial score (nSPS) is 26.2. The van der Waals surface area contributed by atoms with Crippen molar-refractivity contribution in [3.8, 4) is 0 Å². The second-order valence-electron chi connectivity index (χ2n) is 3.99. The van der Waals surface area contributed by atoms with Gasteiger partial charge in [0.2, 0.25) is 0 Å². The van der Waals surface area contributed by atoms with E-state index < -0.39 is 5.67 Å². The van der Waals surface area contributed by atoms with Crippen molar-refractivity contribution in [2.45, 2.75) is 18.5 Å². The highest BCUT2D eigenvalue weighted by atomic mass is 19.1. The molecule has 1 unspecified atom stereocenters. The lowest BCUT2D eigenvalue weighted by Crippen LogP contribution is -2.40. The summed E-state index contributed by atoms with van der Waals surface area (Å²) < 4.78 is 14.4. The number of carbonyl (C=O) groups is 1. The first kappa shape index (κ1) is 10.3. The lowest BCUT2D eigenvalue weighted by Gasteiger charge is -2.30. The van der Waals surface area contributed by atoms with Crippen LogP contribution >= 0.6 is 0 Å². The average Bonchev–Trinajstić information content (AvgIpc) is 2.30. The van der Waals surface area contributed by atoms with Crippen molar-refractivity contribution in [2.24, 2.45) is 0 Å². The summed E-state index contributed by atoms with van der Waals surface area (Å²) in [5, 5.41) is 3.06. The second-order valence-corrected chi connectivity index (χ2v) is 3.99. The van der Waals surface area contributed by atoms with Crippen LogP contribution in [0, 0.1) is 0 Å². The molecule has 3 heteroatoms. The van der Waals surface area contributed by atoms with E-state index in [9.17, 15) is 9.18 Å². The van der Waals surface area contributed by atoms with E-state index in [4.69, 9.17) is 0 Å². The molecule has 1 N–H and O–H groups in total. The van der Waals surface area contributed by atoms with Crippen LogP contribution in [0.4, 0.5) is 4.39 Å². The molecule has 1 fully saturated rings. The molecule has 1 aromatic carbocycles. The summed E-state index contributed by atoms with van der Waals surface area (Å²) in [4.78, 5) is 10.5. The molecule has 0 saturated carbocycles. The summed E-state index contributed by atoms with van der Waals surface area (Å²) in [6.45, 7) is 1.26. The molecule has 1 atom stereocenters. The first-order valence-corrected chi connectivity index (χ1v) is 5.20. The topological polar surface area (TPSA) is 29.1 Å². The predicted molar refractivity (Wildman–Crippen MR) is 56.7 cm³/mol. The van der Waals surface area contributed by atoms with Gasteiger partial charge < -0.3 is 5.32 Å². The number of hydrogen-bond donors (Lipinski definition) is 1. The van der Waals surface area contributed by atoms with Crippen molar-refractivity contribution >= 4 is 6.29 Å². The van der Waals surface area contributed by atoms with E-state index in [-0.39, 0.29) is 0 Å². The van der Waals surface area contributed by atoms with Crippen molar-refractivity contribution < 1.29 is 9.18 Å². The van der Waals surface area contributed by atoms with Crippen LogP contribution in [0.5, 0.6) is 0 Å². The third-order valence-corrected chi connectivity index (χ3v) is 2.90. The lowest BCUT2D eigenvalue weighted by atomic mass is 9.88. The number of carbonyl (C=O) groups excluding carboxylic acids is 1. The fourth-order valence-electron chi connectivity index (χ4n) is 1.98. The molecular weight excluding hydrogens is 193 g/mol. The Labute approximate surface area is 88.5 Å².